The van der Waals surface area contributed by atoms with Crippen molar-refractivity contribution in [1.29, 1.82) is 0 Å². The molecular formula is C15H13Cl2F2N. The average Bonchev–Trinajstić information content (AvgIpc) is 2.39. The lowest BCUT2D eigenvalue weighted by atomic mass is 9.97. The molecule has 0 aliphatic rings. The van der Waals surface area contributed by atoms with Gasteiger partial charge in [0, 0.05) is 17.7 Å². The van der Waals surface area contributed by atoms with Crippen LogP contribution in [0.15, 0.2) is 30.3 Å². The Bertz CT molecular complexity index is 644. The number of halogens is 4. The van der Waals surface area contributed by atoms with Gasteiger partial charge in [0.25, 0.3) is 0 Å². The molecule has 5 heteroatoms. The highest BCUT2D eigenvalue weighted by Crippen LogP contribution is 2.29. The maximum Gasteiger partial charge on any atom is 0.130 e. The van der Waals surface area contributed by atoms with Crippen LogP contribution in [0.5, 0.6) is 0 Å². The Morgan fingerprint density at radius 3 is 2.55 bits per heavy atom. The van der Waals surface area contributed by atoms with E-state index in [1.165, 1.54) is 6.07 Å². The largest absolute Gasteiger partial charge is 0.324 e. The zero-order valence-corrected chi connectivity index (χ0v) is 12.3. The summed E-state index contributed by atoms with van der Waals surface area (Å²) in [4.78, 5) is 0. The first-order valence-electron chi connectivity index (χ1n) is 6.04. The van der Waals surface area contributed by atoms with E-state index in [1.54, 1.807) is 25.1 Å². The monoisotopic (exact) mass is 315 g/mol. The minimum absolute atomic E-state index is 0.264. The van der Waals surface area contributed by atoms with E-state index in [2.05, 4.69) is 0 Å². The zero-order valence-electron chi connectivity index (χ0n) is 10.8. The number of hydrogen-bond acceptors (Lipinski definition) is 1. The third-order valence-electron chi connectivity index (χ3n) is 3.15. The lowest BCUT2D eigenvalue weighted by Gasteiger charge is -2.15. The first-order valence-corrected chi connectivity index (χ1v) is 6.79. The van der Waals surface area contributed by atoms with Gasteiger partial charge in [0.1, 0.15) is 11.6 Å². The summed E-state index contributed by atoms with van der Waals surface area (Å²) in [5.41, 5.74) is 7.35. The average molecular weight is 316 g/mol. The Morgan fingerprint density at radius 2 is 1.85 bits per heavy atom. The van der Waals surface area contributed by atoms with Crippen LogP contribution in [0, 0.1) is 18.6 Å². The number of benzene rings is 2. The molecule has 0 aromatic heterocycles. The lowest BCUT2D eigenvalue weighted by Crippen LogP contribution is -2.16. The Kier molecular flexibility index (Phi) is 4.63. The van der Waals surface area contributed by atoms with Crippen LogP contribution in [0.1, 0.15) is 22.7 Å². The molecule has 0 heterocycles. The summed E-state index contributed by atoms with van der Waals surface area (Å²) in [6.45, 7) is 1.57. The first-order chi connectivity index (χ1) is 9.40. The zero-order chi connectivity index (χ0) is 14.9. The standard InChI is InChI=1S/C15H13Cl2F2N/c1-8-5-10(13(19)7-12(8)18)14(20)6-9-3-2-4-11(16)15(9)17/h2-5,7,14H,6,20H2,1H3. The summed E-state index contributed by atoms with van der Waals surface area (Å²) in [7, 11) is 0. The van der Waals surface area contributed by atoms with Crippen LogP contribution in [0.3, 0.4) is 0 Å². The van der Waals surface area contributed by atoms with Gasteiger partial charge in [0.15, 0.2) is 0 Å². The van der Waals surface area contributed by atoms with Crippen molar-refractivity contribution in [3.8, 4) is 0 Å². The molecule has 2 rings (SSSR count). The SMILES string of the molecule is Cc1cc(C(N)Cc2cccc(Cl)c2Cl)c(F)cc1F. The Labute approximate surface area is 126 Å². The third-order valence-corrected chi connectivity index (χ3v) is 4.01. The van der Waals surface area contributed by atoms with Crippen molar-refractivity contribution >= 4 is 23.2 Å². The van der Waals surface area contributed by atoms with Crippen molar-refractivity contribution in [2.45, 2.75) is 19.4 Å². The highest BCUT2D eigenvalue weighted by molar-refractivity contribution is 6.42. The summed E-state index contributed by atoms with van der Waals surface area (Å²) in [5.74, 6) is -1.24. The summed E-state index contributed by atoms with van der Waals surface area (Å²) in [6.07, 6.45) is 0.321. The van der Waals surface area contributed by atoms with Gasteiger partial charge in [-0.05, 0) is 36.6 Å². The molecule has 1 nitrogen and oxygen atoms in total. The number of aryl methyl sites for hydroxylation is 1. The van der Waals surface area contributed by atoms with E-state index >= 15 is 0 Å². The van der Waals surface area contributed by atoms with E-state index < -0.39 is 17.7 Å². The van der Waals surface area contributed by atoms with Crippen molar-refractivity contribution in [3.63, 3.8) is 0 Å². The fourth-order valence-electron chi connectivity index (χ4n) is 2.02. The minimum Gasteiger partial charge on any atom is -0.324 e. The van der Waals surface area contributed by atoms with Crippen LogP contribution in [0.4, 0.5) is 8.78 Å². The molecule has 0 spiro atoms. The third kappa shape index (κ3) is 3.11. The molecule has 0 fully saturated rings. The molecule has 0 radical (unpaired) electrons. The summed E-state index contributed by atoms with van der Waals surface area (Å²) >= 11 is 12.0. The Balaban J connectivity index is 2.31. The fraction of sp³-hybridized carbons (Fsp3) is 0.200. The quantitative estimate of drug-likeness (QED) is 0.863. The van der Waals surface area contributed by atoms with Gasteiger partial charge >= 0.3 is 0 Å². The summed E-state index contributed by atoms with van der Waals surface area (Å²) < 4.78 is 27.0. The van der Waals surface area contributed by atoms with Crippen LogP contribution < -0.4 is 5.73 Å². The van der Waals surface area contributed by atoms with Crippen molar-refractivity contribution < 1.29 is 8.78 Å². The van der Waals surface area contributed by atoms with Gasteiger partial charge in [-0.15, -0.1) is 0 Å². The second-order valence-corrected chi connectivity index (χ2v) is 5.43. The van der Waals surface area contributed by atoms with Crippen molar-refractivity contribution in [2.75, 3.05) is 0 Å². The highest BCUT2D eigenvalue weighted by atomic mass is 35.5. The number of rotatable bonds is 3. The molecule has 20 heavy (non-hydrogen) atoms. The van der Waals surface area contributed by atoms with Gasteiger partial charge in [0.2, 0.25) is 0 Å². The minimum atomic E-state index is -0.654. The molecule has 2 N–H and O–H groups in total. The van der Waals surface area contributed by atoms with Gasteiger partial charge in [-0.2, -0.15) is 0 Å². The van der Waals surface area contributed by atoms with E-state index in [9.17, 15) is 8.78 Å². The Morgan fingerprint density at radius 1 is 1.15 bits per heavy atom. The fourth-order valence-corrected chi connectivity index (χ4v) is 2.41. The maximum atomic E-state index is 13.8. The van der Waals surface area contributed by atoms with Crippen molar-refractivity contribution in [3.05, 3.63) is 68.7 Å². The van der Waals surface area contributed by atoms with Crippen LogP contribution >= 0.6 is 23.2 Å². The maximum absolute atomic E-state index is 13.8. The summed E-state index contributed by atoms with van der Waals surface area (Å²) in [6, 6.07) is 6.86. The van der Waals surface area contributed by atoms with Crippen LogP contribution in [0.2, 0.25) is 10.0 Å². The molecule has 2 aromatic carbocycles. The topological polar surface area (TPSA) is 26.0 Å². The van der Waals surface area contributed by atoms with Crippen molar-refractivity contribution in [2.24, 2.45) is 5.73 Å². The predicted octanol–water partition coefficient (Wildman–Crippen LogP) is 4.82. The van der Waals surface area contributed by atoms with E-state index in [4.69, 9.17) is 28.9 Å². The van der Waals surface area contributed by atoms with Gasteiger partial charge in [0.05, 0.1) is 10.0 Å². The van der Waals surface area contributed by atoms with Gasteiger partial charge in [-0.1, -0.05) is 35.3 Å². The molecule has 0 aliphatic heterocycles. The normalized spacial score (nSPS) is 12.5. The van der Waals surface area contributed by atoms with E-state index in [-0.39, 0.29) is 5.56 Å². The molecule has 0 saturated carbocycles. The van der Waals surface area contributed by atoms with E-state index in [1.807, 2.05) is 0 Å². The Hall–Kier alpha value is -1.16. The van der Waals surface area contributed by atoms with E-state index in [0.29, 0.717) is 22.0 Å². The molecule has 0 bridgehead atoms. The molecule has 0 amide bonds. The van der Waals surface area contributed by atoms with Crippen LogP contribution in [-0.4, -0.2) is 0 Å². The lowest BCUT2D eigenvalue weighted by molar-refractivity contribution is 0.550. The summed E-state index contributed by atoms with van der Waals surface area (Å²) in [5, 5.41) is 0.830. The van der Waals surface area contributed by atoms with Gasteiger partial charge < -0.3 is 5.73 Å². The molecular weight excluding hydrogens is 303 g/mol. The second kappa shape index (κ2) is 6.08. The first kappa shape index (κ1) is 15.2. The van der Waals surface area contributed by atoms with Crippen LogP contribution in [-0.2, 0) is 6.42 Å². The van der Waals surface area contributed by atoms with E-state index in [0.717, 1.165) is 11.6 Å². The molecule has 0 saturated heterocycles. The smallest absolute Gasteiger partial charge is 0.130 e. The molecule has 0 aliphatic carbocycles. The molecule has 1 atom stereocenters. The van der Waals surface area contributed by atoms with Crippen molar-refractivity contribution in [1.82, 2.24) is 0 Å². The second-order valence-electron chi connectivity index (χ2n) is 4.65. The number of nitrogens with two attached hydrogens (primary N) is 1. The van der Waals surface area contributed by atoms with Gasteiger partial charge in [-0.25, -0.2) is 8.78 Å². The highest BCUT2D eigenvalue weighted by Gasteiger charge is 2.16. The van der Waals surface area contributed by atoms with Gasteiger partial charge in [-0.3, -0.25) is 0 Å². The van der Waals surface area contributed by atoms with Crippen LogP contribution in [0.25, 0.3) is 0 Å². The molecule has 1 unspecified atom stereocenters. The molecule has 2 aromatic rings. The molecule has 106 valence electrons. The predicted molar refractivity (Wildman–Crippen MR) is 78.2 cm³/mol. The number of hydrogen-bond donors (Lipinski definition) is 1.